The van der Waals surface area contributed by atoms with E-state index in [1.165, 1.54) is 31.4 Å². The second-order valence-electron chi connectivity index (χ2n) is 4.14. The third-order valence-electron chi connectivity index (χ3n) is 2.68. The molecule has 2 aromatic rings. The zero-order valence-corrected chi connectivity index (χ0v) is 13.3. The number of ether oxygens (including phenoxy) is 1. The van der Waals surface area contributed by atoms with Crippen LogP contribution in [0.15, 0.2) is 41.3 Å². The first kappa shape index (κ1) is 15.8. The number of methoxy groups -OCH3 is 1. The van der Waals surface area contributed by atoms with Gasteiger partial charge in [-0.05, 0) is 36.4 Å². The van der Waals surface area contributed by atoms with Crippen molar-refractivity contribution in [1.82, 2.24) is 0 Å². The van der Waals surface area contributed by atoms with Crippen LogP contribution < -0.4 is 15.2 Å². The molecule has 0 saturated heterocycles. The average molecular weight is 347 g/mol. The summed E-state index contributed by atoms with van der Waals surface area (Å²) in [5.74, 6) is 0.454. The lowest BCUT2D eigenvalue weighted by atomic mass is 10.3. The van der Waals surface area contributed by atoms with Crippen molar-refractivity contribution in [3.63, 3.8) is 0 Å². The number of benzene rings is 2. The number of sulfonamides is 1. The molecule has 0 unspecified atom stereocenters. The fourth-order valence-electron chi connectivity index (χ4n) is 1.63. The topological polar surface area (TPSA) is 81.4 Å². The van der Waals surface area contributed by atoms with Crippen LogP contribution in [0, 0.1) is 0 Å². The van der Waals surface area contributed by atoms with Gasteiger partial charge in [0.15, 0.2) is 0 Å². The van der Waals surface area contributed by atoms with Crippen LogP contribution in [0.25, 0.3) is 0 Å². The lowest BCUT2D eigenvalue weighted by Crippen LogP contribution is -2.13. The van der Waals surface area contributed by atoms with E-state index in [1.807, 2.05) is 0 Å². The molecule has 0 aliphatic heterocycles. The molecule has 3 N–H and O–H groups in total. The predicted molar refractivity (Wildman–Crippen MR) is 84.7 cm³/mol. The number of nitrogen functional groups attached to an aromatic ring is 1. The molecule has 0 atom stereocenters. The molecular formula is C13H12Cl2N2O3S. The lowest BCUT2D eigenvalue weighted by molar-refractivity contribution is 0.415. The Morgan fingerprint density at radius 3 is 2.38 bits per heavy atom. The SMILES string of the molecule is COc1ccc(NS(=O)(=O)c2ccc(Cl)c(N)c2)cc1Cl. The molecule has 2 rings (SSSR count). The minimum absolute atomic E-state index is 0.0105. The van der Waals surface area contributed by atoms with E-state index in [4.69, 9.17) is 33.7 Å². The minimum Gasteiger partial charge on any atom is -0.495 e. The Kier molecular flexibility index (Phi) is 4.51. The van der Waals surface area contributed by atoms with Gasteiger partial charge in [0.05, 0.1) is 33.4 Å². The maximum absolute atomic E-state index is 12.2. The van der Waals surface area contributed by atoms with Crippen LogP contribution >= 0.6 is 23.2 Å². The van der Waals surface area contributed by atoms with Crippen molar-refractivity contribution >= 4 is 44.6 Å². The van der Waals surface area contributed by atoms with Crippen molar-refractivity contribution < 1.29 is 13.2 Å². The van der Waals surface area contributed by atoms with Gasteiger partial charge in [-0.1, -0.05) is 23.2 Å². The van der Waals surface area contributed by atoms with Crippen molar-refractivity contribution in [2.45, 2.75) is 4.90 Å². The van der Waals surface area contributed by atoms with Gasteiger partial charge in [-0.25, -0.2) is 8.42 Å². The van der Waals surface area contributed by atoms with Crippen LogP contribution in [-0.2, 0) is 10.0 Å². The molecule has 0 aliphatic carbocycles. The first-order valence-electron chi connectivity index (χ1n) is 5.75. The van der Waals surface area contributed by atoms with Gasteiger partial charge >= 0.3 is 0 Å². The number of nitrogens with one attached hydrogen (secondary N) is 1. The second-order valence-corrected chi connectivity index (χ2v) is 6.63. The highest BCUT2D eigenvalue weighted by Crippen LogP contribution is 2.29. The molecule has 0 amide bonds. The van der Waals surface area contributed by atoms with Crippen LogP contribution in [0.5, 0.6) is 5.75 Å². The zero-order chi connectivity index (χ0) is 15.6. The molecule has 8 heteroatoms. The van der Waals surface area contributed by atoms with Gasteiger partial charge in [-0.2, -0.15) is 0 Å². The molecule has 0 radical (unpaired) electrons. The Hall–Kier alpha value is -1.63. The number of hydrogen-bond acceptors (Lipinski definition) is 4. The standard InChI is InChI=1S/C13H12Cl2N2O3S/c1-20-13-5-2-8(6-11(13)15)17-21(18,19)9-3-4-10(14)12(16)7-9/h2-7,17H,16H2,1H3. The van der Waals surface area contributed by atoms with Crippen LogP contribution in [0.4, 0.5) is 11.4 Å². The molecular weight excluding hydrogens is 335 g/mol. The summed E-state index contributed by atoms with van der Waals surface area (Å²) in [6.45, 7) is 0. The van der Waals surface area contributed by atoms with Gasteiger partial charge in [0.25, 0.3) is 10.0 Å². The van der Waals surface area contributed by atoms with Gasteiger partial charge < -0.3 is 10.5 Å². The normalized spacial score (nSPS) is 11.2. The number of hydrogen-bond donors (Lipinski definition) is 2. The molecule has 5 nitrogen and oxygen atoms in total. The molecule has 2 aromatic carbocycles. The van der Waals surface area contributed by atoms with E-state index in [2.05, 4.69) is 4.72 Å². The molecule has 0 fully saturated rings. The van der Waals surface area contributed by atoms with Gasteiger partial charge in [-0.15, -0.1) is 0 Å². The second kappa shape index (κ2) is 6.01. The van der Waals surface area contributed by atoms with Crippen LogP contribution in [0.3, 0.4) is 0 Å². The molecule has 0 saturated carbocycles. The fraction of sp³-hybridized carbons (Fsp3) is 0.0769. The molecule has 0 heterocycles. The average Bonchev–Trinajstić information content (AvgIpc) is 2.41. The summed E-state index contributed by atoms with van der Waals surface area (Å²) in [7, 11) is -2.30. The predicted octanol–water partition coefficient (Wildman–Crippen LogP) is 3.39. The lowest BCUT2D eigenvalue weighted by Gasteiger charge is -2.10. The van der Waals surface area contributed by atoms with Gasteiger partial charge in [0.1, 0.15) is 5.75 Å². The summed E-state index contributed by atoms with van der Waals surface area (Å²) in [5.41, 5.74) is 6.11. The summed E-state index contributed by atoms with van der Waals surface area (Å²) in [4.78, 5) is 0.0105. The summed E-state index contributed by atoms with van der Waals surface area (Å²) >= 11 is 11.7. The van der Waals surface area contributed by atoms with Crippen LogP contribution in [0.1, 0.15) is 0 Å². The summed E-state index contributed by atoms with van der Waals surface area (Å²) in [5, 5.41) is 0.592. The highest BCUT2D eigenvalue weighted by Gasteiger charge is 2.16. The van der Waals surface area contributed by atoms with Crippen molar-refractivity contribution in [1.29, 1.82) is 0 Å². The Balaban J connectivity index is 2.32. The first-order chi connectivity index (χ1) is 9.83. The summed E-state index contributed by atoms with van der Waals surface area (Å²) < 4.78 is 31.9. The van der Waals surface area contributed by atoms with Gasteiger partial charge in [0, 0.05) is 0 Å². The Morgan fingerprint density at radius 1 is 1.10 bits per heavy atom. The Morgan fingerprint density at radius 2 is 1.81 bits per heavy atom. The first-order valence-corrected chi connectivity index (χ1v) is 7.99. The molecule has 21 heavy (non-hydrogen) atoms. The number of nitrogens with two attached hydrogens (primary N) is 1. The number of halogens is 2. The van der Waals surface area contributed by atoms with E-state index >= 15 is 0 Å². The fourth-order valence-corrected chi connectivity index (χ4v) is 3.09. The van der Waals surface area contributed by atoms with E-state index in [0.29, 0.717) is 21.5 Å². The van der Waals surface area contributed by atoms with Gasteiger partial charge in [0.2, 0.25) is 0 Å². The molecule has 0 aliphatic rings. The highest BCUT2D eigenvalue weighted by atomic mass is 35.5. The van der Waals surface area contributed by atoms with E-state index in [0.717, 1.165) is 0 Å². The molecule has 0 spiro atoms. The number of anilines is 2. The van der Waals surface area contributed by atoms with E-state index < -0.39 is 10.0 Å². The van der Waals surface area contributed by atoms with Crippen LogP contribution in [-0.4, -0.2) is 15.5 Å². The molecule has 0 bridgehead atoms. The van der Waals surface area contributed by atoms with Crippen LogP contribution in [0.2, 0.25) is 10.0 Å². The van der Waals surface area contributed by atoms with E-state index in [-0.39, 0.29) is 10.6 Å². The third kappa shape index (κ3) is 3.53. The van der Waals surface area contributed by atoms with Crippen molar-refractivity contribution in [3.05, 3.63) is 46.4 Å². The summed E-state index contributed by atoms with van der Waals surface area (Å²) in [6.07, 6.45) is 0. The summed E-state index contributed by atoms with van der Waals surface area (Å²) in [6, 6.07) is 8.64. The smallest absolute Gasteiger partial charge is 0.261 e. The third-order valence-corrected chi connectivity index (χ3v) is 4.70. The molecule has 112 valence electrons. The minimum atomic E-state index is -3.78. The zero-order valence-electron chi connectivity index (χ0n) is 10.9. The van der Waals surface area contributed by atoms with Gasteiger partial charge in [-0.3, -0.25) is 4.72 Å². The maximum Gasteiger partial charge on any atom is 0.261 e. The van der Waals surface area contributed by atoms with E-state index in [1.54, 1.807) is 12.1 Å². The maximum atomic E-state index is 12.2. The van der Waals surface area contributed by atoms with Crippen molar-refractivity contribution in [2.75, 3.05) is 17.6 Å². The highest BCUT2D eigenvalue weighted by molar-refractivity contribution is 7.92. The number of rotatable bonds is 4. The van der Waals surface area contributed by atoms with E-state index in [9.17, 15) is 8.42 Å². The quantitative estimate of drug-likeness (QED) is 0.831. The van der Waals surface area contributed by atoms with Crippen molar-refractivity contribution in [2.24, 2.45) is 0 Å². The van der Waals surface area contributed by atoms with Crippen molar-refractivity contribution in [3.8, 4) is 5.75 Å². The monoisotopic (exact) mass is 346 g/mol. The Bertz CT molecular complexity index is 779. The largest absolute Gasteiger partial charge is 0.495 e. The molecule has 0 aromatic heterocycles. The Labute approximate surface area is 132 Å².